The molecule has 2 aromatic rings. The van der Waals surface area contributed by atoms with Gasteiger partial charge < -0.3 is 10.4 Å². The first-order valence-corrected chi connectivity index (χ1v) is 5.03. The van der Waals surface area contributed by atoms with Gasteiger partial charge in [0.1, 0.15) is 5.00 Å². The van der Waals surface area contributed by atoms with E-state index in [1.807, 2.05) is 0 Å². The van der Waals surface area contributed by atoms with Crippen LogP contribution in [0, 0.1) is 0 Å². The van der Waals surface area contributed by atoms with Gasteiger partial charge in [0.15, 0.2) is 5.69 Å². The first-order valence-electron chi connectivity index (χ1n) is 4.15. The Labute approximate surface area is 89.0 Å². The Kier molecular flexibility index (Phi) is 2.64. The molecular weight excluding hydrogens is 216 g/mol. The van der Waals surface area contributed by atoms with Crippen LogP contribution in [0.3, 0.4) is 0 Å². The molecule has 3 N–H and O–H groups in total. The number of thiazole rings is 1. The number of nitrogens with zero attached hydrogens (tertiary/aromatic N) is 2. The quantitative estimate of drug-likeness (QED) is 0.725. The summed E-state index contributed by atoms with van der Waals surface area (Å²) in [6.07, 6.45) is 3.42. The Morgan fingerprint density at radius 2 is 2.53 bits per heavy atom. The molecule has 0 aromatic carbocycles. The predicted octanol–water partition coefficient (Wildman–Crippen LogP) is 1.18. The van der Waals surface area contributed by atoms with Crippen molar-refractivity contribution in [2.24, 2.45) is 0 Å². The number of rotatable bonds is 4. The molecule has 0 spiro atoms. The summed E-state index contributed by atoms with van der Waals surface area (Å²) < 4.78 is 0. The fraction of sp³-hybridized carbons (Fsp3) is 0.125. The average Bonchev–Trinajstić information content (AvgIpc) is 2.86. The predicted molar refractivity (Wildman–Crippen MR) is 55.0 cm³/mol. The van der Waals surface area contributed by atoms with Gasteiger partial charge in [-0.15, -0.1) is 11.3 Å². The smallest absolute Gasteiger partial charge is 0.357 e. The van der Waals surface area contributed by atoms with Gasteiger partial charge in [-0.1, -0.05) is 0 Å². The summed E-state index contributed by atoms with van der Waals surface area (Å²) in [5.74, 6) is -1.02. The molecule has 0 fully saturated rings. The van der Waals surface area contributed by atoms with Crippen molar-refractivity contribution in [3.63, 3.8) is 0 Å². The minimum absolute atomic E-state index is 0.0588. The minimum Gasteiger partial charge on any atom is -0.476 e. The zero-order chi connectivity index (χ0) is 10.7. The number of aromatic carboxylic acids is 1. The molecule has 0 aliphatic heterocycles. The number of carboxylic acid groups (broad SMARTS) is 1. The summed E-state index contributed by atoms with van der Waals surface area (Å²) >= 11 is 1.27. The number of H-pyrrole nitrogens is 1. The Morgan fingerprint density at radius 1 is 1.67 bits per heavy atom. The summed E-state index contributed by atoms with van der Waals surface area (Å²) in [5, 5.41) is 18.8. The molecule has 6 nitrogen and oxygen atoms in total. The average molecular weight is 224 g/mol. The number of hydrogen-bond donors (Lipinski definition) is 3. The van der Waals surface area contributed by atoms with Crippen LogP contribution in [0.4, 0.5) is 5.00 Å². The highest BCUT2D eigenvalue weighted by Crippen LogP contribution is 2.20. The zero-order valence-corrected chi connectivity index (χ0v) is 8.41. The highest BCUT2D eigenvalue weighted by molar-refractivity contribution is 7.14. The monoisotopic (exact) mass is 224 g/mol. The summed E-state index contributed by atoms with van der Waals surface area (Å²) in [7, 11) is 0. The fourth-order valence-corrected chi connectivity index (χ4v) is 1.75. The molecule has 0 radical (unpaired) electrons. The number of aromatic amines is 1. The van der Waals surface area contributed by atoms with Crippen molar-refractivity contribution in [3.05, 3.63) is 29.2 Å². The molecule has 0 aliphatic carbocycles. The van der Waals surface area contributed by atoms with E-state index < -0.39 is 5.97 Å². The van der Waals surface area contributed by atoms with Crippen LogP contribution in [0.2, 0.25) is 0 Å². The van der Waals surface area contributed by atoms with Crippen molar-refractivity contribution in [1.82, 2.24) is 15.2 Å². The second-order valence-electron chi connectivity index (χ2n) is 2.80. The number of hydrogen-bond acceptors (Lipinski definition) is 5. The first kappa shape index (κ1) is 9.66. The minimum atomic E-state index is -1.02. The van der Waals surface area contributed by atoms with Crippen LogP contribution in [-0.4, -0.2) is 26.3 Å². The van der Waals surface area contributed by atoms with Gasteiger partial charge in [0.25, 0.3) is 0 Å². The summed E-state index contributed by atoms with van der Waals surface area (Å²) in [6, 6.07) is 0. The lowest BCUT2D eigenvalue weighted by Crippen LogP contribution is -2.04. The van der Waals surface area contributed by atoms with E-state index in [4.69, 9.17) is 5.11 Å². The van der Waals surface area contributed by atoms with Crippen LogP contribution in [-0.2, 0) is 6.54 Å². The van der Waals surface area contributed by atoms with Crippen LogP contribution in [0.15, 0.2) is 17.9 Å². The Bertz CT molecular complexity index is 451. The molecule has 0 saturated carbocycles. The lowest BCUT2D eigenvalue weighted by Gasteiger charge is -2.01. The van der Waals surface area contributed by atoms with Crippen LogP contribution in [0.5, 0.6) is 0 Å². The molecule has 0 saturated heterocycles. The third-order valence-electron chi connectivity index (χ3n) is 1.78. The van der Waals surface area contributed by atoms with Gasteiger partial charge in [-0.2, -0.15) is 5.10 Å². The third-order valence-corrected chi connectivity index (χ3v) is 2.56. The summed E-state index contributed by atoms with van der Waals surface area (Å²) in [6.45, 7) is 0.527. The molecular formula is C8H8N4O2S. The van der Waals surface area contributed by atoms with Gasteiger partial charge in [0.2, 0.25) is 0 Å². The molecule has 0 aliphatic rings. The van der Waals surface area contributed by atoms with E-state index in [0.717, 1.165) is 5.56 Å². The molecule has 0 unspecified atom stereocenters. The lowest BCUT2D eigenvalue weighted by molar-refractivity contribution is 0.0692. The van der Waals surface area contributed by atoms with E-state index in [-0.39, 0.29) is 5.69 Å². The van der Waals surface area contributed by atoms with Crippen LogP contribution >= 0.6 is 11.3 Å². The number of carboxylic acids is 1. The number of carbonyl (C=O) groups is 1. The second kappa shape index (κ2) is 4.09. The number of anilines is 1. The standard InChI is InChI=1S/C8H8N4O2S/c13-8(14)6-7(15-4-10-6)9-1-5-2-11-12-3-5/h2-4,9H,1H2,(H,11,12)(H,13,14). The zero-order valence-electron chi connectivity index (χ0n) is 7.60. The largest absolute Gasteiger partial charge is 0.476 e. The van der Waals surface area contributed by atoms with Crippen molar-refractivity contribution in [3.8, 4) is 0 Å². The molecule has 2 aromatic heterocycles. The van der Waals surface area contributed by atoms with Crippen molar-refractivity contribution in [2.75, 3.05) is 5.32 Å². The van der Waals surface area contributed by atoms with E-state index in [1.165, 1.54) is 16.8 Å². The van der Waals surface area contributed by atoms with E-state index in [1.54, 1.807) is 12.4 Å². The van der Waals surface area contributed by atoms with Gasteiger partial charge >= 0.3 is 5.97 Å². The lowest BCUT2D eigenvalue weighted by atomic mass is 10.3. The topological polar surface area (TPSA) is 90.9 Å². The van der Waals surface area contributed by atoms with Gasteiger partial charge in [-0.05, 0) is 0 Å². The molecule has 78 valence electrons. The Morgan fingerprint density at radius 3 is 3.20 bits per heavy atom. The van der Waals surface area contributed by atoms with Crippen molar-refractivity contribution < 1.29 is 9.90 Å². The number of aromatic nitrogens is 3. The molecule has 2 rings (SSSR count). The molecule has 0 bridgehead atoms. The van der Waals surface area contributed by atoms with Gasteiger partial charge in [0, 0.05) is 18.3 Å². The van der Waals surface area contributed by atoms with Gasteiger partial charge in [0.05, 0.1) is 11.7 Å². The van der Waals surface area contributed by atoms with Crippen LogP contribution in [0.1, 0.15) is 16.1 Å². The SMILES string of the molecule is O=C(O)c1ncsc1NCc1cn[nH]c1. The van der Waals surface area contributed by atoms with Crippen molar-refractivity contribution in [1.29, 1.82) is 0 Å². The second-order valence-corrected chi connectivity index (χ2v) is 3.65. The maximum atomic E-state index is 10.7. The van der Waals surface area contributed by atoms with Gasteiger partial charge in [-0.25, -0.2) is 9.78 Å². The summed E-state index contributed by atoms with van der Waals surface area (Å²) in [4.78, 5) is 14.5. The maximum absolute atomic E-state index is 10.7. The van der Waals surface area contributed by atoms with E-state index in [2.05, 4.69) is 20.5 Å². The molecule has 0 amide bonds. The number of nitrogens with one attached hydrogen (secondary N) is 2. The molecule has 0 atom stereocenters. The third kappa shape index (κ3) is 2.13. The Balaban J connectivity index is 2.05. The van der Waals surface area contributed by atoms with Crippen LogP contribution in [0.25, 0.3) is 0 Å². The molecule has 2 heterocycles. The van der Waals surface area contributed by atoms with Crippen molar-refractivity contribution >= 4 is 22.3 Å². The highest BCUT2D eigenvalue weighted by atomic mass is 32.1. The maximum Gasteiger partial charge on any atom is 0.357 e. The van der Waals surface area contributed by atoms with Crippen LogP contribution < -0.4 is 5.32 Å². The summed E-state index contributed by atoms with van der Waals surface area (Å²) in [5.41, 5.74) is 2.52. The van der Waals surface area contributed by atoms with E-state index >= 15 is 0 Å². The normalized spacial score (nSPS) is 10.1. The van der Waals surface area contributed by atoms with Gasteiger partial charge in [-0.3, -0.25) is 5.10 Å². The Hall–Kier alpha value is -1.89. The van der Waals surface area contributed by atoms with E-state index in [0.29, 0.717) is 11.5 Å². The first-order chi connectivity index (χ1) is 7.27. The van der Waals surface area contributed by atoms with E-state index in [9.17, 15) is 4.79 Å². The fourth-order valence-electron chi connectivity index (χ4n) is 1.08. The molecule has 7 heteroatoms. The van der Waals surface area contributed by atoms with Crippen molar-refractivity contribution in [2.45, 2.75) is 6.54 Å². The highest BCUT2D eigenvalue weighted by Gasteiger charge is 2.12. The molecule has 15 heavy (non-hydrogen) atoms.